The largest absolute Gasteiger partial charge is 0.379 e. The Morgan fingerprint density at radius 2 is 2.55 bits per heavy atom. The Bertz CT molecular complexity index is 202. The van der Waals surface area contributed by atoms with Crippen LogP contribution in [0.1, 0.15) is 6.42 Å². The summed E-state index contributed by atoms with van der Waals surface area (Å²) in [5.74, 6) is -0.461. The molecule has 1 aliphatic heterocycles. The fourth-order valence-electron chi connectivity index (χ4n) is 0.935. The summed E-state index contributed by atoms with van der Waals surface area (Å²) in [6.45, 7) is 0.676. The number of nitrogens with two attached hydrogens (primary N) is 1. The first-order valence-corrected chi connectivity index (χ1v) is 3.25. The molecule has 3 N–H and O–H groups in total. The van der Waals surface area contributed by atoms with Crippen molar-refractivity contribution in [3.63, 3.8) is 0 Å². The summed E-state index contributed by atoms with van der Waals surface area (Å²) in [6.07, 6.45) is 2.01. The van der Waals surface area contributed by atoms with Crippen molar-refractivity contribution in [2.45, 2.75) is 12.0 Å². The fraction of sp³-hybridized carbons (Fsp3) is 0.667. The van der Waals surface area contributed by atoms with Crippen LogP contribution in [0.4, 0.5) is 0 Å². The van der Waals surface area contributed by atoms with Gasteiger partial charge in [-0.25, -0.2) is 0 Å². The Morgan fingerprint density at radius 3 is 3.00 bits per heavy atom. The maximum atomic E-state index is 11.0. The van der Waals surface area contributed by atoms with Crippen molar-refractivity contribution < 1.29 is 9.53 Å². The van der Waals surface area contributed by atoms with Crippen molar-refractivity contribution in [3.05, 3.63) is 0 Å². The Balaban J connectivity index is 2.58. The van der Waals surface area contributed by atoms with Gasteiger partial charge in [0, 0.05) is 13.0 Å². The molecule has 0 aromatic heterocycles. The van der Waals surface area contributed by atoms with Gasteiger partial charge in [-0.1, -0.05) is 0 Å². The van der Waals surface area contributed by atoms with Crippen LogP contribution in [0.3, 0.4) is 0 Å². The van der Waals surface area contributed by atoms with E-state index in [0.29, 0.717) is 13.0 Å². The van der Waals surface area contributed by atoms with Gasteiger partial charge in [-0.2, -0.15) is 5.26 Å². The first-order valence-electron chi connectivity index (χ1n) is 3.25. The van der Waals surface area contributed by atoms with E-state index in [4.69, 9.17) is 15.7 Å². The van der Waals surface area contributed by atoms with E-state index < -0.39 is 11.4 Å². The lowest BCUT2D eigenvalue weighted by molar-refractivity contribution is -0.125. The van der Waals surface area contributed by atoms with Gasteiger partial charge >= 0.3 is 0 Å². The van der Waals surface area contributed by atoms with E-state index in [1.165, 1.54) is 6.19 Å². The number of nitriles is 1. The van der Waals surface area contributed by atoms with Gasteiger partial charge < -0.3 is 10.5 Å². The molecular formula is C6H9N3O2. The Morgan fingerprint density at radius 1 is 1.82 bits per heavy atom. The van der Waals surface area contributed by atoms with Gasteiger partial charge in [-0.05, 0) is 0 Å². The average molecular weight is 155 g/mol. The highest BCUT2D eigenvalue weighted by Gasteiger charge is 2.38. The fourth-order valence-corrected chi connectivity index (χ4v) is 0.935. The molecule has 0 spiro atoms. The minimum absolute atomic E-state index is 0.195. The highest BCUT2D eigenvalue weighted by atomic mass is 16.5. The van der Waals surface area contributed by atoms with Crippen molar-refractivity contribution in [2.24, 2.45) is 5.73 Å². The third kappa shape index (κ3) is 1.48. The molecule has 1 atom stereocenters. The minimum atomic E-state index is -0.990. The van der Waals surface area contributed by atoms with Crippen LogP contribution < -0.4 is 11.1 Å². The molecule has 1 saturated heterocycles. The van der Waals surface area contributed by atoms with Crippen molar-refractivity contribution in [1.82, 2.24) is 5.32 Å². The molecule has 1 rings (SSSR count). The number of carbonyl (C=O) groups is 1. The Hall–Kier alpha value is -1.12. The minimum Gasteiger partial charge on any atom is -0.379 e. The van der Waals surface area contributed by atoms with Crippen LogP contribution in [0.2, 0.25) is 0 Å². The van der Waals surface area contributed by atoms with Gasteiger partial charge in [0.1, 0.15) is 5.54 Å². The van der Waals surface area contributed by atoms with Gasteiger partial charge in [0.05, 0.1) is 6.61 Å². The number of carbonyl (C=O) groups excluding carboxylic acids is 1. The van der Waals surface area contributed by atoms with Crippen LogP contribution >= 0.6 is 0 Å². The molecule has 0 aliphatic carbocycles. The third-order valence-electron chi connectivity index (χ3n) is 1.67. The highest BCUT2D eigenvalue weighted by Crippen LogP contribution is 2.14. The first-order chi connectivity index (χ1) is 5.19. The SMILES string of the molecule is N#CNC(=O)C1(N)CCOC1. The third-order valence-corrected chi connectivity index (χ3v) is 1.67. The lowest BCUT2D eigenvalue weighted by Crippen LogP contribution is -2.53. The molecular weight excluding hydrogens is 146 g/mol. The molecule has 1 fully saturated rings. The number of hydrogen-bond donors (Lipinski definition) is 2. The van der Waals surface area contributed by atoms with E-state index in [1.807, 2.05) is 5.32 Å². The standard InChI is InChI=1S/C6H9N3O2/c7-4-9-5(10)6(8)1-2-11-3-6/h1-3,8H2,(H,9,10). The van der Waals surface area contributed by atoms with Gasteiger partial charge in [-0.15, -0.1) is 0 Å². The molecule has 1 amide bonds. The number of amides is 1. The van der Waals surface area contributed by atoms with Crippen LogP contribution in [0.5, 0.6) is 0 Å². The quantitative estimate of drug-likeness (QED) is 0.364. The molecule has 5 heteroatoms. The average Bonchev–Trinajstić information content (AvgIpc) is 2.38. The second-order valence-electron chi connectivity index (χ2n) is 2.52. The number of nitrogens with one attached hydrogen (secondary N) is 1. The van der Waals surface area contributed by atoms with Crippen LogP contribution in [-0.2, 0) is 9.53 Å². The van der Waals surface area contributed by atoms with Crippen LogP contribution in [-0.4, -0.2) is 24.7 Å². The lowest BCUT2D eigenvalue weighted by atomic mass is 10.00. The molecule has 0 aromatic rings. The van der Waals surface area contributed by atoms with E-state index in [1.54, 1.807) is 0 Å². The van der Waals surface area contributed by atoms with E-state index in [-0.39, 0.29) is 6.61 Å². The normalized spacial score (nSPS) is 29.5. The molecule has 0 saturated carbocycles. The highest BCUT2D eigenvalue weighted by molar-refractivity contribution is 5.87. The van der Waals surface area contributed by atoms with Crippen molar-refractivity contribution in [3.8, 4) is 6.19 Å². The summed E-state index contributed by atoms with van der Waals surface area (Å²) in [4.78, 5) is 11.0. The molecule has 60 valence electrons. The van der Waals surface area contributed by atoms with Crippen LogP contribution in [0.25, 0.3) is 0 Å². The molecule has 0 bridgehead atoms. The maximum absolute atomic E-state index is 11.0. The maximum Gasteiger partial charge on any atom is 0.255 e. The zero-order chi connectivity index (χ0) is 8.32. The van der Waals surface area contributed by atoms with Gasteiger partial charge in [0.2, 0.25) is 0 Å². The van der Waals surface area contributed by atoms with Crippen LogP contribution in [0.15, 0.2) is 0 Å². The molecule has 0 aromatic carbocycles. The summed E-state index contributed by atoms with van der Waals surface area (Å²) in [5, 5.41) is 10.1. The topological polar surface area (TPSA) is 88.1 Å². The number of rotatable bonds is 1. The molecule has 11 heavy (non-hydrogen) atoms. The van der Waals surface area contributed by atoms with Gasteiger partial charge in [0.15, 0.2) is 6.19 Å². The smallest absolute Gasteiger partial charge is 0.255 e. The first kappa shape index (κ1) is 7.98. The Labute approximate surface area is 64.1 Å². The number of hydrogen-bond acceptors (Lipinski definition) is 4. The number of nitrogens with zero attached hydrogens (tertiary/aromatic N) is 1. The van der Waals surface area contributed by atoms with E-state index in [0.717, 1.165) is 0 Å². The molecule has 5 nitrogen and oxygen atoms in total. The molecule has 0 radical (unpaired) electrons. The summed E-state index contributed by atoms with van der Waals surface area (Å²) in [6, 6.07) is 0. The van der Waals surface area contributed by atoms with Crippen molar-refractivity contribution >= 4 is 5.91 Å². The molecule has 1 aliphatic rings. The molecule has 1 unspecified atom stereocenters. The van der Waals surface area contributed by atoms with Gasteiger partial charge in [-0.3, -0.25) is 10.1 Å². The summed E-state index contributed by atoms with van der Waals surface area (Å²) in [7, 11) is 0. The summed E-state index contributed by atoms with van der Waals surface area (Å²) < 4.78 is 4.93. The zero-order valence-electron chi connectivity index (χ0n) is 5.96. The second-order valence-corrected chi connectivity index (χ2v) is 2.52. The van der Waals surface area contributed by atoms with E-state index in [2.05, 4.69) is 0 Å². The van der Waals surface area contributed by atoms with Crippen molar-refractivity contribution in [1.29, 1.82) is 5.26 Å². The number of ether oxygens (including phenoxy) is 1. The zero-order valence-corrected chi connectivity index (χ0v) is 5.96. The predicted molar refractivity (Wildman–Crippen MR) is 36.1 cm³/mol. The van der Waals surface area contributed by atoms with E-state index >= 15 is 0 Å². The molecule has 1 heterocycles. The Kier molecular flexibility index (Phi) is 2.08. The predicted octanol–water partition coefficient (Wildman–Crippen LogP) is -1.30. The van der Waals surface area contributed by atoms with Crippen molar-refractivity contribution in [2.75, 3.05) is 13.2 Å². The monoisotopic (exact) mass is 155 g/mol. The lowest BCUT2D eigenvalue weighted by Gasteiger charge is -2.17. The summed E-state index contributed by atoms with van der Waals surface area (Å²) >= 11 is 0. The second kappa shape index (κ2) is 2.86. The van der Waals surface area contributed by atoms with Gasteiger partial charge in [0.25, 0.3) is 5.91 Å². The summed E-state index contributed by atoms with van der Waals surface area (Å²) in [5.41, 5.74) is 4.61. The van der Waals surface area contributed by atoms with E-state index in [9.17, 15) is 4.79 Å². The van der Waals surface area contributed by atoms with Crippen LogP contribution in [0, 0.1) is 11.5 Å².